The van der Waals surface area contributed by atoms with Crippen LogP contribution in [0.15, 0.2) is 47.6 Å². The molecule has 2 N–H and O–H groups in total. The summed E-state index contributed by atoms with van der Waals surface area (Å²) in [6.45, 7) is 3.58. The van der Waals surface area contributed by atoms with Crippen LogP contribution in [0.5, 0.6) is 11.6 Å². The molecule has 0 radical (unpaired) electrons. The number of pyridine rings is 1. The summed E-state index contributed by atoms with van der Waals surface area (Å²) in [4.78, 5) is 11.1. The number of likely N-dealkylation sites (tertiary alicyclic amines) is 1. The lowest BCUT2D eigenvalue weighted by atomic mass is 10.1. The van der Waals surface area contributed by atoms with Crippen LogP contribution in [-0.4, -0.2) is 56.7 Å². The topological polar surface area (TPSA) is 71.0 Å². The zero-order valence-corrected chi connectivity index (χ0v) is 17.5. The van der Waals surface area contributed by atoms with E-state index in [1.54, 1.807) is 27.5 Å². The summed E-state index contributed by atoms with van der Waals surface area (Å²) in [6.07, 6.45) is 4.21. The van der Waals surface area contributed by atoms with Crippen LogP contribution in [0.25, 0.3) is 0 Å². The lowest BCUT2D eigenvalue weighted by molar-refractivity contribution is 0.245. The first-order valence-corrected chi connectivity index (χ1v) is 10.1. The number of methoxy groups -OCH3 is 2. The largest absolute Gasteiger partial charge is 0.497 e. The lowest BCUT2D eigenvalue weighted by Gasteiger charge is -2.29. The number of hydrogen-bond donors (Lipinski definition) is 2. The van der Waals surface area contributed by atoms with Crippen LogP contribution in [0.1, 0.15) is 30.0 Å². The molecule has 0 bridgehead atoms. The first-order chi connectivity index (χ1) is 14.2. The highest BCUT2D eigenvalue weighted by molar-refractivity contribution is 5.79. The normalized spacial score (nSPS) is 15.8. The van der Waals surface area contributed by atoms with E-state index in [9.17, 15) is 0 Å². The number of guanidine groups is 1. The summed E-state index contributed by atoms with van der Waals surface area (Å²) in [6, 6.07) is 12.5. The van der Waals surface area contributed by atoms with Crippen molar-refractivity contribution in [3.05, 3.63) is 53.7 Å². The second-order valence-corrected chi connectivity index (χ2v) is 7.01. The molecule has 1 aromatic heterocycles. The maximum atomic E-state index is 5.43. The second kappa shape index (κ2) is 10.7. The maximum Gasteiger partial charge on any atom is 0.218 e. The molecule has 29 heavy (non-hydrogen) atoms. The van der Waals surface area contributed by atoms with Gasteiger partial charge in [0.05, 0.1) is 20.3 Å². The first kappa shape index (κ1) is 20.9. The van der Waals surface area contributed by atoms with E-state index in [-0.39, 0.29) is 6.04 Å². The summed E-state index contributed by atoms with van der Waals surface area (Å²) in [5.74, 6) is 2.27. The third-order valence-corrected chi connectivity index (χ3v) is 5.24. The number of benzene rings is 1. The molecule has 156 valence electrons. The van der Waals surface area contributed by atoms with E-state index in [0.29, 0.717) is 12.4 Å². The van der Waals surface area contributed by atoms with E-state index in [1.807, 2.05) is 18.2 Å². The summed E-state index contributed by atoms with van der Waals surface area (Å²) < 4.78 is 10.8. The van der Waals surface area contributed by atoms with Crippen molar-refractivity contribution in [2.24, 2.45) is 4.99 Å². The van der Waals surface area contributed by atoms with Crippen molar-refractivity contribution in [3.8, 4) is 11.6 Å². The minimum atomic E-state index is 0.263. The van der Waals surface area contributed by atoms with Gasteiger partial charge in [0.1, 0.15) is 5.75 Å². The number of nitrogens with one attached hydrogen (secondary N) is 2. The monoisotopic (exact) mass is 397 g/mol. The Labute approximate surface area is 173 Å². The Morgan fingerprint density at radius 1 is 1.14 bits per heavy atom. The molecule has 7 nitrogen and oxygen atoms in total. The summed E-state index contributed by atoms with van der Waals surface area (Å²) in [5.41, 5.74) is 2.24. The van der Waals surface area contributed by atoms with Crippen LogP contribution in [0, 0.1) is 0 Å². The van der Waals surface area contributed by atoms with Crippen LogP contribution in [0.3, 0.4) is 0 Å². The minimum absolute atomic E-state index is 0.263. The highest BCUT2D eigenvalue weighted by Gasteiger charge is 2.24. The SMILES string of the molecule is CN=C(NCc1cccnc1OC)NCC(c1cccc(OC)c1)N1CCCC1. The molecule has 1 aliphatic rings. The average molecular weight is 398 g/mol. The number of ether oxygens (including phenoxy) is 2. The molecule has 2 heterocycles. The summed E-state index contributed by atoms with van der Waals surface area (Å²) in [7, 11) is 5.13. The Morgan fingerprint density at radius 3 is 2.69 bits per heavy atom. The van der Waals surface area contributed by atoms with Crippen LogP contribution >= 0.6 is 0 Å². The third-order valence-electron chi connectivity index (χ3n) is 5.24. The van der Waals surface area contributed by atoms with Crippen LogP contribution in [0.2, 0.25) is 0 Å². The fourth-order valence-corrected chi connectivity index (χ4v) is 3.70. The Hall–Kier alpha value is -2.80. The number of aliphatic imine (C=N–C) groups is 1. The van der Waals surface area contributed by atoms with Gasteiger partial charge in [0, 0.05) is 31.9 Å². The van der Waals surface area contributed by atoms with Gasteiger partial charge >= 0.3 is 0 Å². The first-order valence-electron chi connectivity index (χ1n) is 10.1. The molecule has 0 spiro atoms. The number of aromatic nitrogens is 1. The molecule has 1 aliphatic heterocycles. The maximum absolute atomic E-state index is 5.43. The Morgan fingerprint density at radius 2 is 1.97 bits per heavy atom. The Balaban J connectivity index is 1.65. The van der Waals surface area contributed by atoms with Crippen LogP contribution in [-0.2, 0) is 6.54 Å². The van der Waals surface area contributed by atoms with Crippen molar-refractivity contribution >= 4 is 5.96 Å². The van der Waals surface area contributed by atoms with Crippen molar-refractivity contribution in [3.63, 3.8) is 0 Å². The van der Waals surface area contributed by atoms with Crippen LogP contribution in [0.4, 0.5) is 0 Å². The average Bonchev–Trinajstić information content (AvgIpc) is 3.31. The van der Waals surface area contributed by atoms with Crippen molar-refractivity contribution in [1.29, 1.82) is 0 Å². The molecule has 0 saturated carbocycles. The molecular weight excluding hydrogens is 366 g/mol. The Kier molecular flexibility index (Phi) is 7.69. The van der Waals surface area contributed by atoms with E-state index >= 15 is 0 Å². The van der Waals surface area contributed by atoms with E-state index < -0.39 is 0 Å². The van der Waals surface area contributed by atoms with Crippen molar-refractivity contribution < 1.29 is 9.47 Å². The highest BCUT2D eigenvalue weighted by atomic mass is 16.5. The van der Waals surface area contributed by atoms with E-state index in [2.05, 4.69) is 43.7 Å². The predicted molar refractivity (Wildman–Crippen MR) is 116 cm³/mol. The zero-order chi connectivity index (χ0) is 20.5. The molecule has 7 heteroatoms. The van der Waals surface area contributed by atoms with Crippen LogP contribution < -0.4 is 20.1 Å². The van der Waals surface area contributed by atoms with Crippen molar-refractivity contribution in [2.75, 3.05) is 40.9 Å². The van der Waals surface area contributed by atoms with Gasteiger partial charge in [0.25, 0.3) is 0 Å². The standard InChI is InChI=1S/C22H31N5O2/c1-23-22(25-15-18-9-7-11-24-21(18)29-3)26-16-20(27-12-4-5-13-27)17-8-6-10-19(14-17)28-2/h6-11,14,20H,4-5,12-13,15-16H2,1-3H3,(H2,23,25,26). The summed E-state index contributed by atoms with van der Waals surface area (Å²) in [5, 5.41) is 6.84. The van der Waals surface area contributed by atoms with Gasteiger partial charge in [-0.2, -0.15) is 0 Å². The molecule has 1 fully saturated rings. The molecule has 1 atom stereocenters. The fourth-order valence-electron chi connectivity index (χ4n) is 3.70. The van der Waals surface area contributed by atoms with Gasteiger partial charge in [-0.3, -0.25) is 9.89 Å². The highest BCUT2D eigenvalue weighted by Crippen LogP contribution is 2.27. The molecule has 0 amide bonds. The lowest BCUT2D eigenvalue weighted by Crippen LogP contribution is -2.42. The molecule has 0 aliphatic carbocycles. The number of nitrogens with zero attached hydrogens (tertiary/aromatic N) is 3. The van der Waals surface area contributed by atoms with E-state index in [4.69, 9.17) is 9.47 Å². The molecule has 1 saturated heterocycles. The van der Waals surface area contributed by atoms with Gasteiger partial charge in [-0.1, -0.05) is 18.2 Å². The molecule has 1 aromatic carbocycles. The molecule has 3 rings (SSSR count). The van der Waals surface area contributed by atoms with Gasteiger partial charge in [-0.15, -0.1) is 0 Å². The third kappa shape index (κ3) is 5.60. The smallest absolute Gasteiger partial charge is 0.218 e. The van der Waals surface area contributed by atoms with E-state index in [1.165, 1.54) is 18.4 Å². The second-order valence-electron chi connectivity index (χ2n) is 7.01. The van der Waals surface area contributed by atoms with Gasteiger partial charge in [-0.25, -0.2) is 4.98 Å². The van der Waals surface area contributed by atoms with Crippen molar-refractivity contribution in [2.45, 2.75) is 25.4 Å². The van der Waals surface area contributed by atoms with Gasteiger partial charge < -0.3 is 20.1 Å². The van der Waals surface area contributed by atoms with E-state index in [0.717, 1.165) is 36.9 Å². The van der Waals surface area contributed by atoms with Gasteiger partial charge in [-0.05, 0) is 49.7 Å². The number of hydrogen-bond acceptors (Lipinski definition) is 5. The molecule has 1 unspecified atom stereocenters. The predicted octanol–water partition coefficient (Wildman–Crippen LogP) is 2.60. The Bertz CT molecular complexity index is 805. The number of rotatable bonds is 8. The minimum Gasteiger partial charge on any atom is -0.497 e. The van der Waals surface area contributed by atoms with Gasteiger partial charge in [0.2, 0.25) is 5.88 Å². The summed E-state index contributed by atoms with van der Waals surface area (Å²) >= 11 is 0. The van der Waals surface area contributed by atoms with Gasteiger partial charge in [0.15, 0.2) is 5.96 Å². The molecular formula is C22H31N5O2. The van der Waals surface area contributed by atoms with Crippen molar-refractivity contribution in [1.82, 2.24) is 20.5 Å². The molecule has 2 aromatic rings. The fraction of sp³-hybridized carbons (Fsp3) is 0.455. The quantitative estimate of drug-likeness (QED) is 0.527. The zero-order valence-electron chi connectivity index (χ0n) is 17.5.